The third-order valence-corrected chi connectivity index (χ3v) is 3.60. The summed E-state index contributed by atoms with van der Waals surface area (Å²) in [5, 5.41) is 3.24. The fourth-order valence-corrected chi connectivity index (χ4v) is 2.68. The number of rotatable bonds is 6. The molecule has 3 unspecified atom stereocenters. The normalized spacial score (nSPS) is 16.5. The summed E-state index contributed by atoms with van der Waals surface area (Å²) < 4.78 is 51.0. The number of ether oxygens (including phenoxy) is 1. The molecule has 7 heteroatoms. The molecule has 3 atom stereocenters. The van der Waals surface area contributed by atoms with E-state index in [2.05, 4.69) is 10.1 Å². The molecule has 0 saturated heterocycles. The molecular formula is C13H18F3NO2S. The number of hydrogen-bond acceptors (Lipinski definition) is 3. The summed E-state index contributed by atoms with van der Waals surface area (Å²) in [5.41, 5.74) is 0.841. The smallest absolute Gasteiger partial charge is 0.406 e. The van der Waals surface area contributed by atoms with Gasteiger partial charge in [0, 0.05) is 34.9 Å². The molecule has 1 aromatic carbocycles. The Morgan fingerprint density at radius 2 is 1.80 bits per heavy atom. The van der Waals surface area contributed by atoms with Gasteiger partial charge in [-0.2, -0.15) is 0 Å². The second-order valence-electron chi connectivity index (χ2n) is 4.65. The maximum absolute atomic E-state index is 12.0. The van der Waals surface area contributed by atoms with E-state index in [-0.39, 0.29) is 17.8 Å². The van der Waals surface area contributed by atoms with E-state index in [1.165, 1.54) is 12.1 Å². The van der Waals surface area contributed by atoms with E-state index in [1.54, 1.807) is 18.4 Å². The lowest BCUT2D eigenvalue weighted by molar-refractivity contribution is -0.274. The summed E-state index contributed by atoms with van der Waals surface area (Å²) in [7, 11) is -0.891. The van der Waals surface area contributed by atoms with Crippen molar-refractivity contribution in [2.75, 3.05) is 12.0 Å². The highest BCUT2D eigenvalue weighted by Gasteiger charge is 2.31. The van der Waals surface area contributed by atoms with Crippen LogP contribution in [0.25, 0.3) is 0 Å². The van der Waals surface area contributed by atoms with Crippen molar-refractivity contribution < 1.29 is 22.1 Å². The Kier molecular flexibility index (Phi) is 6.01. The summed E-state index contributed by atoms with van der Waals surface area (Å²) in [5.74, 6) is 0.288. The van der Waals surface area contributed by atoms with Crippen molar-refractivity contribution in [2.45, 2.75) is 32.3 Å². The highest BCUT2D eigenvalue weighted by Crippen LogP contribution is 2.24. The molecule has 0 radical (unpaired) electrons. The fraction of sp³-hybridized carbons (Fsp3) is 0.538. The number of nitrogens with one attached hydrogen (secondary N) is 1. The van der Waals surface area contributed by atoms with Gasteiger partial charge in [-0.25, -0.2) is 0 Å². The lowest BCUT2D eigenvalue weighted by atomic mass is 10.1. The average Bonchev–Trinajstić information content (AvgIpc) is 2.26. The minimum Gasteiger partial charge on any atom is -0.406 e. The molecule has 114 valence electrons. The number of halogens is 3. The molecule has 0 saturated carbocycles. The van der Waals surface area contributed by atoms with E-state index >= 15 is 0 Å². The molecule has 0 aliphatic heterocycles. The van der Waals surface area contributed by atoms with Gasteiger partial charge in [0.1, 0.15) is 5.75 Å². The molecule has 0 bridgehead atoms. The Labute approximate surface area is 119 Å². The van der Waals surface area contributed by atoms with E-state index in [4.69, 9.17) is 0 Å². The summed E-state index contributed by atoms with van der Waals surface area (Å²) in [6, 6.07) is 5.73. The lowest BCUT2D eigenvalue weighted by Crippen LogP contribution is -2.33. The third-order valence-electron chi connectivity index (χ3n) is 2.63. The fourth-order valence-electron chi connectivity index (χ4n) is 1.88. The van der Waals surface area contributed by atoms with Gasteiger partial charge in [0.05, 0.1) is 0 Å². The van der Waals surface area contributed by atoms with Crippen molar-refractivity contribution >= 4 is 10.8 Å². The van der Waals surface area contributed by atoms with Crippen molar-refractivity contribution in [1.82, 2.24) is 5.32 Å². The first-order chi connectivity index (χ1) is 9.17. The predicted molar refractivity (Wildman–Crippen MR) is 73.1 cm³/mol. The van der Waals surface area contributed by atoms with E-state index < -0.39 is 17.2 Å². The molecule has 1 rings (SSSR count). The third kappa shape index (κ3) is 6.38. The second kappa shape index (κ2) is 7.08. The first-order valence-electron chi connectivity index (χ1n) is 6.09. The van der Waals surface area contributed by atoms with Crippen molar-refractivity contribution in [3.8, 4) is 5.75 Å². The van der Waals surface area contributed by atoms with E-state index in [9.17, 15) is 17.4 Å². The van der Waals surface area contributed by atoms with Crippen LogP contribution >= 0.6 is 0 Å². The van der Waals surface area contributed by atoms with Crippen molar-refractivity contribution in [2.24, 2.45) is 0 Å². The Morgan fingerprint density at radius 3 is 2.25 bits per heavy atom. The number of hydrogen-bond donors (Lipinski definition) is 1. The second-order valence-corrected chi connectivity index (χ2v) is 6.13. The van der Waals surface area contributed by atoms with Crippen LogP contribution in [0.4, 0.5) is 13.2 Å². The summed E-state index contributed by atoms with van der Waals surface area (Å²) >= 11 is 0. The maximum Gasteiger partial charge on any atom is 0.573 e. The highest BCUT2D eigenvalue weighted by molar-refractivity contribution is 7.84. The van der Waals surface area contributed by atoms with Crippen LogP contribution in [0.15, 0.2) is 24.3 Å². The van der Waals surface area contributed by atoms with Gasteiger partial charge < -0.3 is 10.1 Å². The van der Waals surface area contributed by atoms with Gasteiger partial charge >= 0.3 is 6.36 Å². The Morgan fingerprint density at radius 1 is 1.25 bits per heavy atom. The molecule has 20 heavy (non-hydrogen) atoms. The van der Waals surface area contributed by atoms with E-state index in [0.717, 1.165) is 5.56 Å². The topological polar surface area (TPSA) is 38.3 Å². The molecule has 0 spiro atoms. The van der Waals surface area contributed by atoms with Gasteiger partial charge in [0.25, 0.3) is 0 Å². The van der Waals surface area contributed by atoms with Crippen LogP contribution in [0, 0.1) is 0 Å². The summed E-state index contributed by atoms with van der Waals surface area (Å²) in [6.07, 6.45) is -3.04. The molecule has 3 nitrogen and oxygen atoms in total. The van der Waals surface area contributed by atoms with E-state index in [0.29, 0.717) is 5.75 Å². The SMILES string of the molecule is CC(CS(C)=O)NC(C)c1ccc(OC(F)(F)F)cc1. The van der Waals surface area contributed by atoms with Crippen LogP contribution in [0.3, 0.4) is 0 Å². The molecule has 0 amide bonds. The minimum absolute atomic E-state index is 0.0477. The first kappa shape index (κ1) is 17.0. The van der Waals surface area contributed by atoms with Crippen molar-refractivity contribution in [3.63, 3.8) is 0 Å². The number of alkyl halides is 3. The van der Waals surface area contributed by atoms with Crippen molar-refractivity contribution in [1.29, 1.82) is 0 Å². The van der Waals surface area contributed by atoms with Crippen LogP contribution in [0.1, 0.15) is 25.5 Å². The molecule has 1 N–H and O–H groups in total. The molecular weight excluding hydrogens is 291 g/mol. The Hall–Kier alpha value is -1.08. The molecule has 1 aromatic rings. The average molecular weight is 309 g/mol. The van der Waals surface area contributed by atoms with Crippen LogP contribution in [-0.2, 0) is 10.8 Å². The van der Waals surface area contributed by atoms with Gasteiger partial charge in [-0.15, -0.1) is 13.2 Å². The van der Waals surface area contributed by atoms with Crippen molar-refractivity contribution in [3.05, 3.63) is 29.8 Å². The summed E-state index contributed by atoms with van der Waals surface area (Å²) in [4.78, 5) is 0. The van der Waals surface area contributed by atoms with Crippen LogP contribution in [0.5, 0.6) is 5.75 Å². The zero-order valence-electron chi connectivity index (χ0n) is 11.5. The number of benzene rings is 1. The quantitative estimate of drug-likeness (QED) is 0.878. The summed E-state index contributed by atoms with van der Waals surface area (Å²) in [6.45, 7) is 3.81. The predicted octanol–water partition coefficient (Wildman–Crippen LogP) is 3.00. The standard InChI is InChI=1S/C13H18F3NO2S/c1-9(8-20(3)18)17-10(2)11-4-6-12(7-5-11)19-13(14,15)16/h4-7,9-10,17H,8H2,1-3H3. The maximum atomic E-state index is 12.0. The van der Waals surface area contributed by atoms with Crippen LogP contribution in [-0.4, -0.2) is 28.6 Å². The Balaban J connectivity index is 2.61. The minimum atomic E-state index is -4.68. The zero-order chi connectivity index (χ0) is 15.3. The lowest BCUT2D eigenvalue weighted by Gasteiger charge is -2.20. The van der Waals surface area contributed by atoms with Gasteiger partial charge in [-0.05, 0) is 31.5 Å². The molecule has 0 fully saturated rings. The van der Waals surface area contributed by atoms with Crippen LogP contribution < -0.4 is 10.1 Å². The van der Waals surface area contributed by atoms with Gasteiger partial charge in [0.2, 0.25) is 0 Å². The van der Waals surface area contributed by atoms with Gasteiger partial charge in [0.15, 0.2) is 0 Å². The monoisotopic (exact) mass is 309 g/mol. The molecule has 0 aliphatic carbocycles. The first-order valence-corrected chi connectivity index (χ1v) is 7.82. The van der Waals surface area contributed by atoms with Crippen LogP contribution in [0.2, 0.25) is 0 Å². The highest BCUT2D eigenvalue weighted by atomic mass is 32.2. The zero-order valence-corrected chi connectivity index (χ0v) is 12.3. The Bertz CT molecular complexity index is 448. The van der Waals surface area contributed by atoms with Gasteiger partial charge in [-0.3, -0.25) is 4.21 Å². The molecule has 0 aromatic heterocycles. The van der Waals surface area contributed by atoms with Gasteiger partial charge in [-0.1, -0.05) is 12.1 Å². The molecule has 0 aliphatic rings. The largest absolute Gasteiger partial charge is 0.573 e. The van der Waals surface area contributed by atoms with E-state index in [1.807, 2.05) is 13.8 Å². The molecule has 0 heterocycles.